The maximum atomic E-state index is 5.86. The SMILES string of the molecule is CC(C)CCN(C)C1CCCCC1CN. The van der Waals surface area contributed by atoms with Crippen molar-refractivity contribution < 1.29 is 0 Å². The molecule has 0 aromatic carbocycles. The minimum atomic E-state index is 0.746. The Morgan fingerprint density at radius 1 is 1.27 bits per heavy atom. The average molecular weight is 212 g/mol. The summed E-state index contributed by atoms with van der Waals surface area (Å²) in [5.41, 5.74) is 5.86. The quantitative estimate of drug-likeness (QED) is 0.758. The molecule has 1 aliphatic rings. The average Bonchev–Trinajstić information content (AvgIpc) is 2.25. The Morgan fingerprint density at radius 2 is 1.93 bits per heavy atom. The lowest BCUT2D eigenvalue weighted by Gasteiger charge is -2.37. The van der Waals surface area contributed by atoms with E-state index in [1.54, 1.807) is 0 Å². The maximum Gasteiger partial charge on any atom is 0.0132 e. The van der Waals surface area contributed by atoms with E-state index in [0.717, 1.165) is 24.4 Å². The molecule has 0 aromatic heterocycles. The Hall–Kier alpha value is -0.0800. The van der Waals surface area contributed by atoms with E-state index in [0.29, 0.717) is 0 Å². The summed E-state index contributed by atoms with van der Waals surface area (Å²) in [5.74, 6) is 1.56. The highest BCUT2D eigenvalue weighted by Crippen LogP contribution is 2.27. The first-order valence-electron chi connectivity index (χ1n) is 6.55. The number of hydrogen-bond acceptors (Lipinski definition) is 2. The molecule has 0 aliphatic heterocycles. The smallest absolute Gasteiger partial charge is 0.0132 e. The van der Waals surface area contributed by atoms with Crippen molar-refractivity contribution in [1.82, 2.24) is 4.90 Å². The molecule has 15 heavy (non-hydrogen) atoms. The zero-order chi connectivity index (χ0) is 11.3. The molecule has 2 nitrogen and oxygen atoms in total. The van der Waals surface area contributed by atoms with Crippen molar-refractivity contribution in [2.75, 3.05) is 20.1 Å². The van der Waals surface area contributed by atoms with Gasteiger partial charge in [-0.25, -0.2) is 0 Å². The molecule has 1 saturated carbocycles. The van der Waals surface area contributed by atoms with E-state index in [1.807, 2.05) is 0 Å². The Bertz CT molecular complexity index is 168. The lowest BCUT2D eigenvalue weighted by atomic mass is 9.83. The summed E-state index contributed by atoms with van der Waals surface area (Å²) in [6.45, 7) is 6.71. The van der Waals surface area contributed by atoms with Crippen LogP contribution in [0.2, 0.25) is 0 Å². The zero-order valence-corrected chi connectivity index (χ0v) is 10.7. The van der Waals surface area contributed by atoms with Gasteiger partial charge in [-0.3, -0.25) is 0 Å². The summed E-state index contributed by atoms with van der Waals surface area (Å²) in [6.07, 6.45) is 6.79. The van der Waals surface area contributed by atoms with Crippen LogP contribution in [0.4, 0.5) is 0 Å². The summed E-state index contributed by atoms with van der Waals surface area (Å²) < 4.78 is 0. The lowest BCUT2D eigenvalue weighted by molar-refractivity contribution is 0.128. The predicted octanol–water partition coefficient (Wildman–Crippen LogP) is 2.48. The summed E-state index contributed by atoms with van der Waals surface area (Å²) in [6, 6.07) is 0.752. The van der Waals surface area contributed by atoms with E-state index in [2.05, 4.69) is 25.8 Å². The normalized spacial score (nSPS) is 27.6. The number of rotatable bonds is 5. The van der Waals surface area contributed by atoms with Gasteiger partial charge in [-0.1, -0.05) is 26.7 Å². The van der Waals surface area contributed by atoms with Crippen molar-refractivity contribution in [2.45, 2.75) is 52.0 Å². The molecule has 1 aliphatic carbocycles. The summed E-state index contributed by atoms with van der Waals surface area (Å²) in [5, 5.41) is 0. The van der Waals surface area contributed by atoms with E-state index < -0.39 is 0 Å². The third-order valence-electron chi connectivity index (χ3n) is 3.80. The standard InChI is InChI=1S/C13H28N2/c1-11(2)8-9-15(3)13-7-5-4-6-12(13)10-14/h11-13H,4-10,14H2,1-3H3. The van der Waals surface area contributed by atoms with E-state index >= 15 is 0 Å². The Labute approximate surface area is 95.2 Å². The van der Waals surface area contributed by atoms with Crippen molar-refractivity contribution >= 4 is 0 Å². The molecular weight excluding hydrogens is 184 g/mol. The van der Waals surface area contributed by atoms with Gasteiger partial charge in [0.1, 0.15) is 0 Å². The summed E-state index contributed by atoms with van der Waals surface area (Å²) in [4.78, 5) is 2.55. The fourth-order valence-corrected chi connectivity index (χ4v) is 2.67. The van der Waals surface area contributed by atoms with Crippen LogP contribution in [0.25, 0.3) is 0 Å². The first-order valence-corrected chi connectivity index (χ1v) is 6.55. The highest BCUT2D eigenvalue weighted by molar-refractivity contribution is 4.82. The second-order valence-corrected chi connectivity index (χ2v) is 5.51. The molecule has 0 amide bonds. The minimum absolute atomic E-state index is 0.746. The Balaban J connectivity index is 2.37. The molecule has 90 valence electrons. The van der Waals surface area contributed by atoms with Crippen LogP contribution in [0.3, 0.4) is 0 Å². The van der Waals surface area contributed by atoms with E-state index in [-0.39, 0.29) is 0 Å². The number of hydrogen-bond donors (Lipinski definition) is 1. The fraction of sp³-hybridized carbons (Fsp3) is 1.00. The fourth-order valence-electron chi connectivity index (χ4n) is 2.67. The van der Waals surface area contributed by atoms with Gasteiger partial charge in [0.2, 0.25) is 0 Å². The molecule has 0 radical (unpaired) electrons. The van der Waals surface area contributed by atoms with Crippen LogP contribution >= 0.6 is 0 Å². The molecule has 0 spiro atoms. The number of nitrogens with two attached hydrogens (primary N) is 1. The van der Waals surface area contributed by atoms with Crippen LogP contribution in [0.15, 0.2) is 0 Å². The van der Waals surface area contributed by atoms with E-state index in [4.69, 9.17) is 5.73 Å². The molecule has 0 heterocycles. The molecule has 2 N–H and O–H groups in total. The van der Waals surface area contributed by atoms with Crippen LogP contribution < -0.4 is 5.73 Å². The van der Waals surface area contributed by atoms with Gasteiger partial charge in [-0.05, 0) is 51.2 Å². The van der Waals surface area contributed by atoms with Crippen LogP contribution in [0, 0.1) is 11.8 Å². The third kappa shape index (κ3) is 4.12. The maximum absolute atomic E-state index is 5.86. The topological polar surface area (TPSA) is 29.3 Å². The first kappa shape index (κ1) is 13.0. The van der Waals surface area contributed by atoms with E-state index in [1.165, 1.54) is 38.6 Å². The first-order chi connectivity index (χ1) is 7.15. The predicted molar refractivity (Wildman–Crippen MR) is 66.9 cm³/mol. The Kier molecular flexibility index (Phi) is 5.62. The van der Waals surface area contributed by atoms with Gasteiger partial charge in [0.15, 0.2) is 0 Å². The highest BCUT2D eigenvalue weighted by atomic mass is 15.1. The largest absolute Gasteiger partial charge is 0.330 e. The van der Waals surface area contributed by atoms with Crippen LogP contribution in [0.1, 0.15) is 46.0 Å². The molecule has 2 atom stereocenters. The number of nitrogens with zero attached hydrogens (tertiary/aromatic N) is 1. The Morgan fingerprint density at radius 3 is 2.53 bits per heavy atom. The van der Waals surface area contributed by atoms with Crippen molar-refractivity contribution in [2.24, 2.45) is 17.6 Å². The third-order valence-corrected chi connectivity index (χ3v) is 3.80. The van der Waals surface area contributed by atoms with Gasteiger partial charge >= 0.3 is 0 Å². The minimum Gasteiger partial charge on any atom is -0.330 e. The zero-order valence-electron chi connectivity index (χ0n) is 10.7. The van der Waals surface area contributed by atoms with Crippen molar-refractivity contribution in [3.05, 3.63) is 0 Å². The monoisotopic (exact) mass is 212 g/mol. The van der Waals surface area contributed by atoms with Crippen molar-refractivity contribution in [1.29, 1.82) is 0 Å². The van der Waals surface area contributed by atoms with Crippen LogP contribution in [0.5, 0.6) is 0 Å². The highest BCUT2D eigenvalue weighted by Gasteiger charge is 2.26. The molecule has 0 bridgehead atoms. The van der Waals surface area contributed by atoms with Gasteiger partial charge in [-0.2, -0.15) is 0 Å². The summed E-state index contributed by atoms with van der Waals surface area (Å²) >= 11 is 0. The molecule has 0 aromatic rings. The molecule has 1 fully saturated rings. The van der Waals surface area contributed by atoms with Gasteiger partial charge in [-0.15, -0.1) is 0 Å². The second kappa shape index (κ2) is 6.49. The molecular formula is C13H28N2. The van der Waals surface area contributed by atoms with Gasteiger partial charge < -0.3 is 10.6 Å². The van der Waals surface area contributed by atoms with Crippen LogP contribution in [-0.2, 0) is 0 Å². The summed E-state index contributed by atoms with van der Waals surface area (Å²) in [7, 11) is 2.28. The molecule has 0 saturated heterocycles. The lowest BCUT2D eigenvalue weighted by Crippen LogP contribution is -2.43. The van der Waals surface area contributed by atoms with Crippen molar-refractivity contribution in [3.63, 3.8) is 0 Å². The second-order valence-electron chi connectivity index (χ2n) is 5.51. The molecule has 2 heteroatoms. The van der Waals surface area contributed by atoms with Crippen molar-refractivity contribution in [3.8, 4) is 0 Å². The van der Waals surface area contributed by atoms with Gasteiger partial charge in [0.05, 0.1) is 0 Å². The van der Waals surface area contributed by atoms with Gasteiger partial charge in [0, 0.05) is 6.04 Å². The molecule has 2 unspecified atom stereocenters. The van der Waals surface area contributed by atoms with E-state index in [9.17, 15) is 0 Å². The van der Waals surface area contributed by atoms with Gasteiger partial charge in [0.25, 0.3) is 0 Å². The van der Waals surface area contributed by atoms with Crippen LogP contribution in [-0.4, -0.2) is 31.1 Å². The molecule has 1 rings (SSSR count).